The van der Waals surface area contributed by atoms with Gasteiger partial charge in [0.1, 0.15) is 11.5 Å². The second kappa shape index (κ2) is 12.2. The zero-order valence-electron chi connectivity index (χ0n) is 19.0. The highest BCUT2D eigenvalue weighted by molar-refractivity contribution is 8.01. The molecule has 1 saturated heterocycles. The van der Waals surface area contributed by atoms with Crippen LogP contribution in [0, 0.1) is 5.92 Å². The molecule has 1 aromatic carbocycles. The molecule has 0 bridgehead atoms. The number of ether oxygens (including phenoxy) is 1. The van der Waals surface area contributed by atoms with E-state index in [1.54, 1.807) is 4.90 Å². The van der Waals surface area contributed by atoms with E-state index in [0.29, 0.717) is 47.7 Å². The standard InChI is InChI=1S/C23H31N3O5S2/c1-3-5-6-15(4-2)22(30)25-17-12-19(28)20(13-18(17)27)33-23-24-16(14-32-23)11-21(29)26-7-9-31-10-8-26/h12-15,27-28H,3-11H2,1-2H3,(H,25,30). The van der Waals surface area contributed by atoms with E-state index in [4.69, 9.17) is 4.74 Å². The molecule has 2 aromatic rings. The van der Waals surface area contributed by atoms with Crippen molar-refractivity contribution in [2.45, 2.75) is 55.2 Å². The number of rotatable bonds is 10. The summed E-state index contributed by atoms with van der Waals surface area (Å²) in [6.45, 7) is 6.35. The Morgan fingerprint density at radius 2 is 2.00 bits per heavy atom. The smallest absolute Gasteiger partial charge is 0.228 e. The minimum absolute atomic E-state index is 0.0186. The Labute approximate surface area is 202 Å². The molecule has 2 amide bonds. The van der Waals surface area contributed by atoms with E-state index in [1.165, 1.54) is 35.2 Å². The van der Waals surface area contributed by atoms with Gasteiger partial charge in [0, 0.05) is 30.5 Å². The number of morpholine rings is 1. The number of hydrogen-bond acceptors (Lipinski definition) is 8. The molecule has 1 atom stereocenters. The number of aromatic hydroxyl groups is 2. The van der Waals surface area contributed by atoms with Crippen molar-refractivity contribution in [1.29, 1.82) is 0 Å². The minimum atomic E-state index is -0.157. The van der Waals surface area contributed by atoms with Gasteiger partial charge in [0.05, 0.1) is 35.9 Å². The van der Waals surface area contributed by atoms with Gasteiger partial charge in [-0.2, -0.15) is 0 Å². The molecule has 10 heteroatoms. The predicted molar refractivity (Wildman–Crippen MR) is 129 cm³/mol. The van der Waals surface area contributed by atoms with E-state index < -0.39 is 0 Å². The molecular formula is C23H31N3O5S2. The van der Waals surface area contributed by atoms with Crippen LogP contribution >= 0.6 is 23.1 Å². The second-order valence-electron chi connectivity index (χ2n) is 7.95. The van der Waals surface area contributed by atoms with Crippen molar-refractivity contribution in [2.75, 3.05) is 31.6 Å². The third-order valence-electron chi connectivity index (χ3n) is 5.53. The van der Waals surface area contributed by atoms with E-state index >= 15 is 0 Å². The number of nitrogens with one attached hydrogen (secondary N) is 1. The number of nitrogens with zero attached hydrogens (tertiary/aromatic N) is 2. The lowest BCUT2D eigenvalue weighted by Gasteiger charge is -2.26. The normalized spacial score (nSPS) is 14.8. The fourth-order valence-electron chi connectivity index (χ4n) is 3.54. The lowest BCUT2D eigenvalue weighted by Crippen LogP contribution is -2.41. The Morgan fingerprint density at radius 1 is 1.24 bits per heavy atom. The van der Waals surface area contributed by atoms with E-state index in [2.05, 4.69) is 17.2 Å². The van der Waals surface area contributed by atoms with Gasteiger partial charge < -0.3 is 25.2 Å². The average Bonchev–Trinajstić information content (AvgIpc) is 3.25. The summed E-state index contributed by atoms with van der Waals surface area (Å²) >= 11 is 2.57. The summed E-state index contributed by atoms with van der Waals surface area (Å²) in [5.74, 6) is -0.445. The Kier molecular flexibility index (Phi) is 9.40. The van der Waals surface area contributed by atoms with Gasteiger partial charge in [-0.25, -0.2) is 4.98 Å². The lowest BCUT2D eigenvalue weighted by atomic mass is 9.98. The maximum atomic E-state index is 12.5. The number of phenols is 2. The Hall–Kier alpha value is -2.30. The first kappa shape index (κ1) is 25.3. The zero-order chi connectivity index (χ0) is 23.8. The van der Waals surface area contributed by atoms with Crippen LogP contribution in [-0.2, 0) is 20.7 Å². The lowest BCUT2D eigenvalue weighted by molar-refractivity contribution is -0.134. The minimum Gasteiger partial charge on any atom is -0.507 e. The number of anilines is 1. The van der Waals surface area contributed by atoms with Crippen molar-refractivity contribution in [3.8, 4) is 11.5 Å². The fraction of sp³-hybridized carbons (Fsp3) is 0.522. The van der Waals surface area contributed by atoms with Crippen LogP contribution in [0.4, 0.5) is 5.69 Å². The van der Waals surface area contributed by atoms with Crippen LogP contribution in [-0.4, -0.2) is 58.2 Å². The molecule has 1 fully saturated rings. The maximum Gasteiger partial charge on any atom is 0.228 e. The highest BCUT2D eigenvalue weighted by Crippen LogP contribution is 2.41. The van der Waals surface area contributed by atoms with Gasteiger partial charge in [-0.1, -0.05) is 38.5 Å². The highest BCUT2D eigenvalue weighted by Gasteiger charge is 2.20. The SMILES string of the molecule is CCCCC(CC)C(=O)Nc1cc(O)c(Sc2nc(CC(=O)N3CCOCC3)cs2)cc1O. The van der Waals surface area contributed by atoms with Crippen molar-refractivity contribution < 1.29 is 24.5 Å². The van der Waals surface area contributed by atoms with Gasteiger partial charge in [0.25, 0.3) is 0 Å². The summed E-state index contributed by atoms with van der Waals surface area (Å²) in [6, 6.07) is 2.78. The fourth-order valence-corrected chi connectivity index (χ4v) is 5.37. The first-order valence-electron chi connectivity index (χ1n) is 11.3. The number of unbranched alkanes of at least 4 members (excludes halogenated alkanes) is 1. The summed E-state index contributed by atoms with van der Waals surface area (Å²) in [4.78, 5) is 31.6. The molecular weight excluding hydrogens is 462 g/mol. The Morgan fingerprint density at radius 3 is 2.70 bits per heavy atom. The highest BCUT2D eigenvalue weighted by atomic mass is 32.2. The molecule has 0 saturated carbocycles. The van der Waals surface area contributed by atoms with E-state index in [1.807, 2.05) is 12.3 Å². The van der Waals surface area contributed by atoms with Crippen LogP contribution in [0.5, 0.6) is 11.5 Å². The largest absolute Gasteiger partial charge is 0.507 e. The van der Waals surface area contributed by atoms with Crippen LogP contribution in [0.3, 0.4) is 0 Å². The van der Waals surface area contributed by atoms with E-state index in [-0.39, 0.29) is 41.3 Å². The summed E-state index contributed by atoms with van der Waals surface area (Å²) in [5.41, 5.74) is 0.858. The first-order chi connectivity index (χ1) is 15.9. The van der Waals surface area contributed by atoms with Crippen LogP contribution in [0.2, 0.25) is 0 Å². The van der Waals surface area contributed by atoms with Crippen molar-refractivity contribution in [3.63, 3.8) is 0 Å². The van der Waals surface area contributed by atoms with Crippen molar-refractivity contribution in [2.24, 2.45) is 5.92 Å². The van der Waals surface area contributed by atoms with Crippen molar-refractivity contribution in [1.82, 2.24) is 9.88 Å². The Balaban J connectivity index is 1.62. The number of thiazole rings is 1. The summed E-state index contributed by atoms with van der Waals surface area (Å²) < 4.78 is 5.93. The molecule has 0 aliphatic carbocycles. The molecule has 3 N–H and O–H groups in total. The second-order valence-corrected chi connectivity index (χ2v) is 10.1. The number of benzene rings is 1. The summed E-state index contributed by atoms with van der Waals surface area (Å²) in [6.07, 6.45) is 3.71. The van der Waals surface area contributed by atoms with E-state index in [0.717, 1.165) is 19.3 Å². The maximum absolute atomic E-state index is 12.5. The van der Waals surface area contributed by atoms with Gasteiger partial charge in [-0.3, -0.25) is 9.59 Å². The molecule has 8 nitrogen and oxygen atoms in total. The molecule has 0 spiro atoms. The van der Waals surface area contributed by atoms with Gasteiger partial charge >= 0.3 is 0 Å². The topological polar surface area (TPSA) is 112 Å². The third-order valence-corrected chi connectivity index (χ3v) is 7.56. The summed E-state index contributed by atoms with van der Waals surface area (Å²) in [7, 11) is 0. The number of carbonyl (C=O) groups excluding carboxylic acids is 2. The molecule has 33 heavy (non-hydrogen) atoms. The van der Waals surface area contributed by atoms with Crippen LogP contribution in [0.15, 0.2) is 26.7 Å². The predicted octanol–water partition coefficient (Wildman–Crippen LogP) is 4.26. The number of aromatic nitrogens is 1. The number of amides is 2. The van der Waals surface area contributed by atoms with Gasteiger partial charge in [0.15, 0.2) is 4.34 Å². The molecule has 1 aliphatic heterocycles. The summed E-state index contributed by atoms with van der Waals surface area (Å²) in [5, 5.41) is 25.5. The van der Waals surface area contributed by atoms with Gasteiger partial charge in [-0.15, -0.1) is 11.3 Å². The number of phenolic OH excluding ortho intramolecular Hbond substituents is 2. The Bertz CT molecular complexity index is 960. The van der Waals surface area contributed by atoms with E-state index in [9.17, 15) is 19.8 Å². The first-order valence-corrected chi connectivity index (χ1v) is 13.0. The van der Waals surface area contributed by atoms with Crippen LogP contribution in [0.1, 0.15) is 45.2 Å². The zero-order valence-corrected chi connectivity index (χ0v) is 20.6. The molecule has 1 aromatic heterocycles. The van der Waals surface area contributed by atoms with Crippen LogP contribution in [0.25, 0.3) is 0 Å². The molecule has 2 heterocycles. The molecule has 1 unspecified atom stereocenters. The molecule has 3 rings (SSSR count). The average molecular weight is 494 g/mol. The van der Waals surface area contributed by atoms with Crippen molar-refractivity contribution in [3.05, 3.63) is 23.2 Å². The third kappa shape index (κ3) is 7.09. The number of hydrogen-bond donors (Lipinski definition) is 3. The number of carbonyl (C=O) groups is 2. The molecule has 1 aliphatic rings. The molecule has 0 radical (unpaired) electrons. The monoisotopic (exact) mass is 493 g/mol. The van der Waals surface area contributed by atoms with Gasteiger partial charge in [0.2, 0.25) is 11.8 Å². The van der Waals surface area contributed by atoms with Crippen molar-refractivity contribution >= 4 is 40.6 Å². The van der Waals surface area contributed by atoms with Gasteiger partial charge in [-0.05, 0) is 18.9 Å². The molecule has 180 valence electrons. The van der Waals surface area contributed by atoms with Crippen LogP contribution < -0.4 is 5.32 Å². The quantitative estimate of drug-likeness (QED) is 0.335.